The third kappa shape index (κ3) is 2.07. The first-order valence-electron chi connectivity index (χ1n) is 6.05. The molecule has 1 aliphatic carbocycles. The number of ketones is 1. The molecular weight excluding hydrogens is 236 g/mol. The summed E-state index contributed by atoms with van der Waals surface area (Å²) in [7, 11) is 0. The Kier molecular flexibility index (Phi) is 3.07. The van der Waals surface area contributed by atoms with Crippen LogP contribution in [0.5, 0.6) is 0 Å². The predicted octanol–water partition coefficient (Wildman–Crippen LogP) is 3.91. The Hall–Kier alpha value is -0.280. The molecule has 0 radical (unpaired) electrons. The minimum absolute atomic E-state index is 0.397. The highest BCUT2D eigenvalue weighted by Gasteiger charge is 2.23. The van der Waals surface area contributed by atoms with Gasteiger partial charge in [0.1, 0.15) is 0 Å². The van der Waals surface area contributed by atoms with Crippen LogP contribution < -0.4 is 0 Å². The maximum Gasteiger partial charge on any atom is 0.173 e. The molecule has 1 aromatic heterocycles. The first-order chi connectivity index (χ1) is 7.83. The highest BCUT2D eigenvalue weighted by molar-refractivity contribution is 7.98. The summed E-state index contributed by atoms with van der Waals surface area (Å²) in [6.07, 6.45) is 5.84. The Morgan fingerprint density at radius 2 is 2.31 bits per heavy atom. The summed E-state index contributed by atoms with van der Waals surface area (Å²) in [5.74, 6) is 3.43. The Bertz CT molecular complexity index is 381. The van der Waals surface area contributed by atoms with Crippen LogP contribution in [0.25, 0.3) is 0 Å². The summed E-state index contributed by atoms with van der Waals surface area (Å²) in [6.45, 7) is 0. The van der Waals surface area contributed by atoms with Gasteiger partial charge in [0.15, 0.2) is 5.78 Å². The Balaban J connectivity index is 1.72. The van der Waals surface area contributed by atoms with Crippen molar-refractivity contribution < 1.29 is 4.79 Å². The molecule has 0 N–H and O–H groups in total. The van der Waals surface area contributed by atoms with Crippen LogP contribution in [-0.4, -0.2) is 11.5 Å². The third-order valence-corrected chi connectivity index (χ3v) is 5.89. The van der Waals surface area contributed by atoms with E-state index in [1.54, 1.807) is 11.3 Å². The van der Waals surface area contributed by atoms with Gasteiger partial charge in [0.05, 0.1) is 4.88 Å². The average molecular weight is 252 g/mol. The average Bonchev–Trinajstić information content (AvgIpc) is 2.66. The fourth-order valence-corrected chi connectivity index (χ4v) is 4.67. The van der Waals surface area contributed by atoms with Gasteiger partial charge in [-0.2, -0.15) is 11.8 Å². The Morgan fingerprint density at radius 3 is 3.00 bits per heavy atom. The first kappa shape index (κ1) is 10.8. The summed E-state index contributed by atoms with van der Waals surface area (Å²) >= 11 is 3.74. The number of thiophene rings is 1. The molecule has 86 valence electrons. The summed E-state index contributed by atoms with van der Waals surface area (Å²) in [5, 5.41) is 0. The number of aryl methyl sites for hydroxylation is 1. The molecule has 0 unspecified atom stereocenters. The van der Waals surface area contributed by atoms with Crippen LogP contribution in [0.4, 0.5) is 0 Å². The zero-order chi connectivity index (χ0) is 11.0. The molecule has 3 heteroatoms. The minimum Gasteiger partial charge on any atom is -0.293 e. The lowest BCUT2D eigenvalue weighted by Gasteiger charge is -2.23. The number of Topliss-reactive ketones (excluding diaryl/α,β-unsaturated/α-hetero) is 1. The van der Waals surface area contributed by atoms with E-state index in [0.29, 0.717) is 11.7 Å². The first-order valence-corrected chi connectivity index (χ1v) is 8.02. The lowest BCUT2D eigenvalue weighted by molar-refractivity contribution is 0.0940. The van der Waals surface area contributed by atoms with E-state index < -0.39 is 0 Å². The predicted molar refractivity (Wildman–Crippen MR) is 70.5 cm³/mol. The molecule has 0 aromatic carbocycles. The number of carbonyl (C=O) groups is 1. The van der Waals surface area contributed by atoms with E-state index in [4.69, 9.17) is 0 Å². The van der Waals surface area contributed by atoms with Crippen LogP contribution in [0.15, 0.2) is 6.07 Å². The quantitative estimate of drug-likeness (QED) is 0.759. The molecule has 1 fully saturated rings. The molecule has 1 saturated carbocycles. The second-order valence-electron chi connectivity index (χ2n) is 4.79. The highest BCUT2D eigenvalue weighted by atomic mass is 32.2. The summed E-state index contributed by atoms with van der Waals surface area (Å²) in [6, 6.07) is 2.16. The van der Waals surface area contributed by atoms with Crippen molar-refractivity contribution in [1.82, 2.24) is 0 Å². The number of carbonyl (C=O) groups excluding carboxylic acids is 1. The molecule has 1 aromatic rings. The summed E-state index contributed by atoms with van der Waals surface area (Å²) in [5.41, 5.74) is 1.43. The smallest absolute Gasteiger partial charge is 0.173 e. The maximum atomic E-state index is 12.1. The van der Waals surface area contributed by atoms with Crippen LogP contribution in [0.1, 0.15) is 45.8 Å². The number of rotatable bonds is 3. The lowest BCUT2D eigenvalue weighted by atomic mass is 9.81. The van der Waals surface area contributed by atoms with Crippen LogP contribution >= 0.6 is 23.1 Å². The van der Waals surface area contributed by atoms with E-state index in [1.807, 2.05) is 11.8 Å². The van der Waals surface area contributed by atoms with Crippen molar-refractivity contribution >= 4 is 28.9 Å². The van der Waals surface area contributed by atoms with Crippen LogP contribution in [0.3, 0.4) is 0 Å². The van der Waals surface area contributed by atoms with Crippen LogP contribution in [0.2, 0.25) is 0 Å². The van der Waals surface area contributed by atoms with Gasteiger partial charge in [0.2, 0.25) is 0 Å². The van der Waals surface area contributed by atoms with E-state index in [-0.39, 0.29) is 0 Å². The van der Waals surface area contributed by atoms with Crippen molar-refractivity contribution in [2.24, 2.45) is 5.92 Å². The Labute approximate surface area is 105 Å². The second-order valence-corrected chi connectivity index (χ2v) is 7.03. The van der Waals surface area contributed by atoms with E-state index in [0.717, 1.165) is 17.1 Å². The normalized spacial score (nSPS) is 20.2. The Morgan fingerprint density at radius 1 is 1.44 bits per heavy atom. The van der Waals surface area contributed by atoms with Gasteiger partial charge in [-0.15, -0.1) is 11.3 Å². The topological polar surface area (TPSA) is 17.1 Å². The molecule has 0 spiro atoms. The van der Waals surface area contributed by atoms with Crippen LogP contribution in [0, 0.1) is 5.92 Å². The minimum atomic E-state index is 0.397. The van der Waals surface area contributed by atoms with E-state index in [1.165, 1.54) is 41.9 Å². The molecule has 0 amide bonds. The fraction of sp³-hybridized carbons (Fsp3) is 0.615. The molecule has 1 nitrogen and oxygen atoms in total. The molecule has 2 aliphatic rings. The molecule has 16 heavy (non-hydrogen) atoms. The van der Waals surface area contributed by atoms with Crippen molar-refractivity contribution in [3.8, 4) is 0 Å². The number of hydrogen-bond donors (Lipinski definition) is 0. The highest BCUT2D eigenvalue weighted by Crippen LogP contribution is 2.35. The van der Waals surface area contributed by atoms with Gasteiger partial charge in [-0.1, -0.05) is 19.3 Å². The van der Waals surface area contributed by atoms with Crippen molar-refractivity contribution in [2.75, 3.05) is 5.75 Å². The molecule has 3 rings (SSSR count). The van der Waals surface area contributed by atoms with Crippen molar-refractivity contribution in [2.45, 2.75) is 37.9 Å². The van der Waals surface area contributed by atoms with Crippen molar-refractivity contribution in [3.05, 3.63) is 21.4 Å². The summed E-state index contributed by atoms with van der Waals surface area (Å²) in [4.78, 5) is 14.6. The fourth-order valence-electron chi connectivity index (χ4n) is 2.34. The largest absolute Gasteiger partial charge is 0.293 e. The van der Waals surface area contributed by atoms with Gasteiger partial charge >= 0.3 is 0 Å². The van der Waals surface area contributed by atoms with Gasteiger partial charge in [0.25, 0.3) is 0 Å². The van der Waals surface area contributed by atoms with Gasteiger partial charge in [-0.25, -0.2) is 0 Å². The lowest BCUT2D eigenvalue weighted by Crippen LogP contribution is -2.15. The SMILES string of the molecule is O=C(CC1CCC1)c1cc2c(s1)CCSC2. The van der Waals surface area contributed by atoms with Gasteiger partial charge < -0.3 is 0 Å². The van der Waals surface area contributed by atoms with Crippen molar-refractivity contribution in [1.29, 1.82) is 0 Å². The van der Waals surface area contributed by atoms with Gasteiger partial charge in [0, 0.05) is 17.1 Å². The van der Waals surface area contributed by atoms with Gasteiger partial charge in [-0.3, -0.25) is 4.79 Å². The van der Waals surface area contributed by atoms with Gasteiger partial charge in [-0.05, 0) is 29.7 Å². The van der Waals surface area contributed by atoms with Crippen LogP contribution in [-0.2, 0) is 12.2 Å². The monoisotopic (exact) mass is 252 g/mol. The van der Waals surface area contributed by atoms with Crippen molar-refractivity contribution in [3.63, 3.8) is 0 Å². The van der Waals surface area contributed by atoms with E-state index in [9.17, 15) is 4.79 Å². The molecular formula is C13H16OS2. The van der Waals surface area contributed by atoms with E-state index in [2.05, 4.69) is 6.07 Å². The molecule has 1 aliphatic heterocycles. The number of hydrogen-bond acceptors (Lipinski definition) is 3. The zero-order valence-electron chi connectivity index (χ0n) is 9.33. The molecule has 0 atom stereocenters. The zero-order valence-corrected chi connectivity index (χ0v) is 11.0. The molecule has 0 saturated heterocycles. The second kappa shape index (κ2) is 4.53. The molecule has 2 heterocycles. The standard InChI is InChI=1S/C13H16OS2/c14-11(6-9-2-1-3-9)13-7-10-8-15-5-4-12(10)16-13/h7,9H,1-6,8H2. The molecule has 0 bridgehead atoms. The number of thioether (sulfide) groups is 1. The summed E-state index contributed by atoms with van der Waals surface area (Å²) < 4.78 is 0. The number of fused-ring (bicyclic) bond motifs is 1. The maximum absolute atomic E-state index is 12.1. The third-order valence-electron chi connectivity index (χ3n) is 3.60. The van der Waals surface area contributed by atoms with E-state index >= 15 is 0 Å².